The summed E-state index contributed by atoms with van der Waals surface area (Å²) >= 11 is 0. The fraction of sp³-hybridized carbons (Fsp3) is 0.520. The van der Waals surface area contributed by atoms with Crippen LogP contribution >= 0.6 is 0 Å². The Balaban J connectivity index is 1.30. The predicted octanol–water partition coefficient (Wildman–Crippen LogP) is 2.34. The van der Waals surface area contributed by atoms with E-state index in [1.54, 1.807) is 0 Å². The Morgan fingerprint density at radius 3 is 2.56 bits per heavy atom. The van der Waals surface area contributed by atoms with Crippen molar-refractivity contribution in [2.45, 2.75) is 45.7 Å². The lowest BCUT2D eigenvalue weighted by Gasteiger charge is -2.30. The van der Waals surface area contributed by atoms with Crippen molar-refractivity contribution in [2.75, 3.05) is 49.5 Å². The number of hydrogen-bond acceptors (Lipinski definition) is 7. The number of likely N-dealkylation sites (tertiary alicyclic amines) is 2. The van der Waals surface area contributed by atoms with Crippen LogP contribution in [0.4, 0.5) is 11.5 Å². The van der Waals surface area contributed by atoms with Gasteiger partial charge in [0.05, 0.1) is 18.8 Å². The van der Waals surface area contributed by atoms with Crippen LogP contribution in [0.1, 0.15) is 42.5 Å². The highest BCUT2D eigenvalue weighted by atomic mass is 16.5. The molecule has 34 heavy (non-hydrogen) atoms. The summed E-state index contributed by atoms with van der Waals surface area (Å²) in [5.74, 6) is 0.768. The highest BCUT2D eigenvalue weighted by Gasteiger charge is 2.27. The summed E-state index contributed by atoms with van der Waals surface area (Å²) in [4.78, 5) is 39.6. The van der Waals surface area contributed by atoms with Crippen LogP contribution in [0.15, 0.2) is 24.3 Å². The van der Waals surface area contributed by atoms with Crippen molar-refractivity contribution >= 4 is 23.3 Å². The Labute approximate surface area is 200 Å². The van der Waals surface area contributed by atoms with Crippen molar-refractivity contribution in [2.24, 2.45) is 0 Å². The van der Waals surface area contributed by atoms with E-state index < -0.39 is 0 Å². The zero-order valence-corrected chi connectivity index (χ0v) is 19.8. The molecule has 0 aliphatic carbocycles. The van der Waals surface area contributed by atoms with Crippen molar-refractivity contribution < 1.29 is 14.3 Å². The maximum absolute atomic E-state index is 12.4. The molecule has 9 nitrogen and oxygen atoms in total. The number of carbonyl (C=O) groups excluding carboxylic acids is 2. The molecule has 0 unspecified atom stereocenters. The van der Waals surface area contributed by atoms with Gasteiger partial charge in [0.25, 0.3) is 0 Å². The molecule has 180 valence electrons. The van der Waals surface area contributed by atoms with Gasteiger partial charge in [0, 0.05) is 26.1 Å². The molecule has 9 heteroatoms. The Hall–Kier alpha value is -3.20. The normalized spacial score (nSPS) is 18.4. The number of fused-ring (bicyclic) bond motifs is 1. The Bertz CT molecular complexity index is 1070. The molecule has 0 bridgehead atoms. The number of nitrogens with zero attached hydrogens (tertiary/aromatic N) is 5. The zero-order chi connectivity index (χ0) is 23.5. The maximum Gasteiger partial charge on any atom is 0.318 e. The van der Waals surface area contributed by atoms with Crippen molar-refractivity contribution in [1.82, 2.24) is 19.8 Å². The van der Waals surface area contributed by atoms with E-state index >= 15 is 0 Å². The Morgan fingerprint density at radius 2 is 1.79 bits per heavy atom. The van der Waals surface area contributed by atoms with Crippen molar-refractivity contribution in [1.29, 1.82) is 0 Å². The fourth-order valence-corrected chi connectivity index (χ4v) is 4.96. The molecule has 1 aromatic carbocycles. The SMILES string of the molecule is Cc1nc(OCCN2CCCC2=O)nc2c1NC(=O)CN2Cc1cccc(CN2CCCC2)c1. The molecule has 0 radical (unpaired) electrons. The van der Waals surface area contributed by atoms with Gasteiger partial charge in [-0.2, -0.15) is 9.97 Å². The number of aromatic nitrogens is 2. The molecule has 1 aromatic heterocycles. The molecular formula is C25H32N6O3. The summed E-state index contributed by atoms with van der Waals surface area (Å²) in [6.07, 6.45) is 4.07. The number of aryl methyl sites for hydroxylation is 1. The van der Waals surface area contributed by atoms with Gasteiger partial charge in [-0.3, -0.25) is 14.5 Å². The smallest absolute Gasteiger partial charge is 0.318 e. The van der Waals surface area contributed by atoms with Gasteiger partial charge >= 0.3 is 6.01 Å². The summed E-state index contributed by atoms with van der Waals surface area (Å²) in [6, 6.07) is 8.85. The van der Waals surface area contributed by atoms with E-state index in [4.69, 9.17) is 4.74 Å². The fourth-order valence-electron chi connectivity index (χ4n) is 4.96. The molecule has 5 rings (SSSR count). The van der Waals surface area contributed by atoms with Gasteiger partial charge in [-0.05, 0) is 50.4 Å². The van der Waals surface area contributed by atoms with Gasteiger partial charge in [0.15, 0.2) is 5.82 Å². The topological polar surface area (TPSA) is 90.9 Å². The lowest BCUT2D eigenvalue weighted by Crippen LogP contribution is -2.39. The first kappa shape index (κ1) is 22.6. The molecule has 2 amide bonds. The molecule has 2 aromatic rings. The first-order chi connectivity index (χ1) is 16.5. The molecule has 2 fully saturated rings. The molecule has 2 saturated heterocycles. The molecular weight excluding hydrogens is 432 g/mol. The second kappa shape index (κ2) is 9.97. The van der Waals surface area contributed by atoms with Crippen molar-refractivity contribution in [3.05, 3.63) is 41.1 Å². The average molecular weight is 465 g/mol. The minimum absolute atomic E-state index is 0.0753. The maximum atomic E-state index is 12.4. The van der Waals surface area contributed by atoms with Crippen LogP contribution in [-0.4, -0.2) is 70.9 Å². The lowest BCUT2D eigenvalue weighted by atomic mass is 10.1. The second-order valence-corrected chi connectivity index (χ2v) is 9.33. The Kier molecular flexibility index (Phi) is 6.62. The molecule has 1 N–H and O–H groups in total. The van der Waals surface area contributed by atoms with E-state index in [1.165, 1.54) is 18.4 Å². The van der Waals surface area contributed by atoms with E-state index in [0.717, 1.165) is 38.2 Å². The number of ether oxygens (including phenoxy) is 1. The molecule has 3 aliphatic rings. The summed E-state index contributed by atoms with van der Waals surface area (Å²) in [5.41, 5.74) is 3.73. The highest BCUT2D eigenvalue weighted by Crippen LogP contribution is 2.32. The highest BCUT2D eigenvalue weighted by molar-refractivity contribution is 6.00. The molecule has 4 heterocycles. The van der Waals surface area contributed by atoms with Crippen molar-refractivity contribution in [3.63, 3.8) is 0 Å². The molecule has 0 atom stereocenters. The molecule has 0 spiro atoms. The number of anilines is 2. The number of hydrogen-bond donors (Lipinski definition) is 1. The van der Waals surface area contributed by atoms with E-state index in [0.29, 0.717) is 43.3 Å². The lowest BCUT2D eigenvalue weighted by molar-refractivity contribution is -0.128. The van der Waals surface area contributed by atoms with Crippen LogP contribution in [-0.2, 0) is 22.7 Å². The van der Waals surface area contributed by atoms with Crippen LogP contribution in [0.2, 0.25) is 0 Å². The summed E-state index contributed by atoms with van der Waals surface area (Å²) < 4.78 is 5.82. The number of nitrogens with one attached hydrogen (secondary N) is 1. The van der Waals surface area contributed by atoms with Crippen LogP contribution in [0.5, 0.6) is 6.01 Å². The first-order valence-electron chi connectivity index (χ1n) is 12.2. The number of benzene rings is 1. The van der Waals surface area contributed by atoms with E-state index in [2.05, 4.69) is 44.5 Å². The minimum Gasteiger partial charge on any atom is -0.462 e. The molecule has 3 aliphatic heterocycles. The summed E-state index contributed by atoms with van der Waals surface area (Å²) in [6.45, 7) is 7.58. The van der Waals surface area contributed by atoms with E-state index in [9.17, 15) is 9.59 Å². The van der Waals surface area contributed by atoms with Gasteiger partial charge in [0.1, 0.15) is 12.3 Å². The van der Waals surface area contributed by atoms with Gasteiger partial charge in [-0.15, -0.1) is 0 Å². The van der Waals surface area contributed by atoms with E-state index in [1.807, 2.05) is 16.7 Å². The predicted molar refractivity (Wildman–Crippen MR) is 129 cm³/mol. The standard InChI is InChI=1S/C25H32N6O3/c1-18-23-24(28-25(26-18)34-13-12-30-11-5-8-22(30)33)31(17-21(32)27-23)16-20-7-4-6-19(14-20)15-29-9-2-3-10-29/h4,6-7,14H,2-3,5,8-13,15-17H2,1H3,(H,27,32). The van der Waals surface area contributed by atoms with Gasteiger partial charge in [0.2, 0.25) is 11.8 Å². The van der Waals surface area contributed by atoms with Crippen LogP contribution in [0.3, 0.4) is 0 Å². The Morgan fingerprint density at radius 1 is 1.00 bits per heavy atom. The number of rotatable bonds is 8. The van der Waals surface area contributed by atoms with E-state index in [-0.39, 0.29) is 24.4 Å². The van der Waals surface area contributed by atoms with Gasteiger partial charge in [-0.25, -0.2) is 0 Å². The van der Waals surface area contributed by atoms with Gasteiger partial charge < -0.3 is 19.9 Å². The summed E-state index contributed by atoms with van der Waals surface area (Å²) in [5, 5.41) is 2.92. The zero-order valence-electron chi connectivity index (χ0n) is 19.8. The van der Waals surface area contributed by atoms with Crippen LogP contribution < -0.4 is 15.0 Å². The second-order valence-electron chi connectivity index (χ2n) is 9.33. The number of amides is 2. The average Bonchev–Trinajstić information content (AvgIpc) is 3.47. The van der Waals surface area contributed by atoms with Gasteiger partial charge in [-0.1, -0.05) is 24.3 Å². The third kappa shape index (κ3) is 5.14. The minimum atomic E-state index is -0.0753. The monoisotopic (exact) mass is 464 g/mol. The third-order valence-electron chi connectivity index (χ3n) is 6.68. The molecule has 0 saturated carbocycles. The quantitative estimate of drug-likeness (QED) is 0.641. The number of carbonyl (C=O) groups is 2. The first-order valence-corrected chi connectivity index (χ1v) is 12.2. The van der Waals surface area contributed by atoms with Crippen LogP contribution in [0.25, 0.3) is 0 Å². The largest absolute Gasteiger partial charge is 0.462 e. The van der Waals surface area contributed by atoms with Crippen molar-refractivity contribution in [3.8, 4) is 6.01 Å². The summed E-state index contributed by atoms with van der Waals surface area (Å²) in [7, 11) is 0. The third-order valence-corrected chi connectivity index (χ3v) is 6.68. The van der Waals surface area contributed by atoms with Crippen LogP contribution in [0, 0.1) is 6.92 Å².